The second-order valence-electron chi connectivity index (χ2n) is 8.40. The van der Waals surface area contributed by atoms with E-state index in [1.807, 2.05) is 27.8 Å². The number of carbonyl (C=O) groups excluding carboxylic acids is 1. The molecule has 0 fully saturated rings. The van der Waals surface area contributed by atoms with E-state index in [2.05, 4.69) is 17.7 Å². The first kappa shape index (κ1) is 24.0. The van der Waals surface area contributed by atoms with Crippen molar-refractivity contribution < 1.29 is 9.00 Å². The summed E-state index contributed by atoms with van der Waals surface area (Å²) in [6.07, 6.45) is 4.54. The van der Waals surface area contributed by atoms with E-state index >= 15 is 0 Å². The highest BCUT2D eigenvalue weighted by Crippen LogP contribution is 2.34. The number of hydrogen-bond donors (Lipinski definition) is 1. The van der Waals surface area contributed by atoms with Crippen LogP contribution in [-0.2, 0) is 17.5 Å². The number of fused-ring (bicyclic) bond motifs is 1. The monoisotopic (exact) mass is 495 g/mol. The Morgan fingerprint density at radius 1 is 1.24 bits per heavy atom. The maximum Gasteiger partial charge on any atom is 0.272 e. The molecule has 2 heterocycles. The number of halogens is 1. The first-order valence-corrected chi connectivity index (χ1v) is 13.1. The van der Waals surface area contributed by atoms with E-state index in [4.69, 9.17) is 22.0 Å². The normalized spacial score (nSPS) is 16.1. The van der Waals surface area contributed by atoms with Crippen LogP contribution in [0, 0.1) is 11.3 Å². The molecule has 0 saturated carbocycles. The number of unbranched alkanes of at least 4 members (excludes halogenated alkanes) is 1. The minimum Gasteiger partial charge on any atom is -0.331 e. The number of benzene rings is 2. The Bertz CT molecular complexity index is 1270. The van der Waals surface area contributed by atoms with Gasteiger partial charge >= 0.3 is 0 Å². The van der Waals surface area contributed by atoms with Gasteiger partial charge in [0.05, 0.1) is 29.1 Å². The maximum absolute atomic E-state index is 13.5. The van der Waals surface area contributed by atoms with Crippen molar-refractivity contribution in [1.82, 2.24) is 14.7 Å². The fourth-order valence-corrected chi connectivity index (χ4v) is 4.87. The molecule has 7 nitrogen and oxygen atoms in total. The van der Waals surface area contributed by atoms with Gasteiger partial charge in [-0.2, -0.15) is 10.4 Å². The average Bonchev–Trinajstić information content (AvgIpc) is 3.26. The summed E-state index contributed by atoms with van der Waals surface area (Å²) < 4.78 is 16.6. The number of carbonyl (C=O) groups is 1. The van der Waals surface area contributed by atoms with Crippen LogP contribution in [-0.4, -0.2) is 37.6 Å². The molecule has 34 heavy (non-hydrogen) atoms. The van der Waals surface area contributed by atoms with Crippen LogP contribution in [0.25, 0.3) is 11.3 Å². The van der Waals surface area contributed by atoms with Crippen molar-refractivity contribution in [2.75, 3.05) is 17.5 Å². The molecule has 1 aromatic heterocycles. The molecule has 3 aromatic rings. The van der Waals surface area contributed by atoms with E-state index in [9.17, 15) is 9.00 Å². The highest BCUT2D eigenvalue weighted by molar-refractivity contribution is 7.85. The third-order valence-corrected chi connectivity index (χ3v) is 6.62. The van der Waals surface area contributed by atoms with Crippen LogP contribution in [0.5, 0.6) is 0 Å². The molecule has 0 radical (unpaired) electrons. The lowest BCUT2D eigenvalue weighted by Gasteiger charge is -2.33. The van der Waals surface area contributed by atoms with Crippen LogP contribution in [0.1, 0.15) is 53.8 Å². The van der Waals surface area contributed by atoms with E-state index in [0.717, 1.165) is 30.4 Å². The minimum atomic E-state index is -1.29. The summed E-state index contributed by atoms with van der Waals surface area (Å²) >= 11 is 6.16. The topological polar surface area (TPSA) is 91.0 Å². The lowest BCUT2D eigenvalue weighted by Crippen LogP contribution is -2.42. The molecule has 2 aromatic carbocycles. The fraction of sp³-hybridized carbons (Fsp3) is 0.320. The van der Waals surface area contributed by atoms with Crippen LogP contribution in [0.4, 0.5) is 5.69 Å². The highest BCUT2D eigenvalue weighted by Gasteiger charge is 2.33. The van der Waals surface area contributed by atoms with E-state index < -0.39 is 11.0 Å². The smallest absolute Gasteiger partial charge is 0.272 e. The number of nitrogens with zero attached hydrogens (tertiary/aromatic N) is 4. The first-order chi connectivity index (χ1) is 16.4. The Kier molecular flexibility index (Phi) is 7.35. The van der Waals surface area contributed by atoms with E-state index in [1.54, 1.807) is 36.6 Å². The number of hydrogen-bond acceptors (Lipinski definition) is 4. The van der Waals surface area contributed by atoms with Crippen molar-refractivity contribution in [3.05, 3.63) is 70.4 Å². The zero-order valence-corrected chi connectivity index (χ0v) is 20.7. The summed E-state index contributed by atoms with van der Waals surface area (Å²) in [5.41, 5.74) is 4.09. The maximum atomic E-state index is 13.5. The summed E-state index contributed by atoms with van der Waals surface area (Å²) in [5.74, 6) is -0.0848. The molecule has 2 atom stereocenters. The molecule has 0 aliphatic carbocycles. The molecule has 0 spiro atoms. The number of rotatable bonds is 8. The van der Waals surface area contributed by atoms with Gasteiger partial charge in [0.15, 0.2) is 0 Å². The molecule has 176 valence electrons. The van der Waals surface area contributed by atoms with Crippen molar-refractivity contribution in [1.29, 1.82) is 5.26 Å². The number of nitriles is 1. The van der Waals surface area contributed by atoms with Crippen LogP contribution < -0.4 is 4.72 Å². The van der Waals surface area contributed by atoms with Crippen molar-refractivity contribution >= 4 is 34.2 Å². The summed E-state index contributed by atoms with van der Waals surface area (Å²) in [4.78, 5) is 15.3. The van der Waals surface area contributed by atoms with Gasteiger partial charge in [0, 0.05) is 29.9 Å². The Labute approximate surface area is 206 Å². The summed E-state index contributed by atoms with van der Waals surface area (Å²) in [6, 6.07) is 16.6. The van der Waals surface area contributed by atoms with Gasteiger partial charge in [-0.25, -0.2) is 4.21 Å². The Balaban J connectivity index is 1.70. The lowest BCUT2D eigenvalue weighted by atomic mass is 10.0. The Morgan fingerprint density at radius 3 is 2.68 bits per heavy atom. The van der Waals surface area contributed by atoms with Gasteiger partial charge in [-0.1, -0.05) is 43.5 Å². The van der Waals surface area contributed by atoms with Crippen molar-refractivity contribution in [2.45, 2.75) is 38.8 Å². The minimum absolute atomic E-state index is 0.0591. The number of nitrogens with one attached hydrogen (secondary N) is 1. The van der Waals surface area contributed by atoms with Gasteiger partial charge in [0.2, 0.25) is 0 Å². The third-order valence-electron chi connectivity index (χ3n) is 5.88. The van der Waals surface area contributed by atoms with Gasteiger partial charge in [-0.05, 0) is 48.4 Å². The number of aromatic nitrogens is 2. The van der Waals surface area contributed by atoms with Gasteiger partial charge in [0.25, 0.3) is 5.91 Å². The molecule has 1 aliphatic heterocycles. The van der Waals surface area contributed by atoms with Crippen LogP contribution in [0.15, 0.2) is 48.5 Å². The van der Waals surface area contributed by atoms with Gasteiger partial charge in [-0.15, -0.1) is 0 Å². The molecule has 2 unspecified atom stereocenters. The molecule has 0 saturated heterocycles. The largest absolute Gasteiger partial charge is 0.331 e. The fourth-order valence-electron chi connectivity index (χ4n) is 4.21. The van der Waals surface area contributed by atoms with Crippen LogP contribution in [0.3, 0.4) is 0 Å². The molecule has 1 amide bonds. The van der Waals surface area contributed by atoms with Gasteiger partial charge in [-0.3, -0.25) is 9.48 Å². The predicted molar refractivity (Wildman–Crippen MR) is 135 cm³/mol. The first-order valence-electron chi connectivity index (χ1n) is 11.2. The molecular formula is C25H26ClN5O2S. The Hall–Kier alpha value is -3.15. The molecule has 9 heteroatoms. The Morgan fingerprint density at radius 2 is 2.00 bits per heavy atom. The van der Waals surface area contributed by atoms with Crippen molar-refractivity contribution in [3.63, 3.8) is 0 Å². The quantitative estimate of drug-likeness (QED) is 0.466. The highest BCUT2D eigenvalue weighted by atomic mass is 35.5. The zero-order chi connectivity index (χ0) is 24.2. The standard InChI is InChI=1S/C25H26ClN5O2S/c1-3-4-5-20-16-30(15-18-8-6-17(14-27)7-9-18)25(32)24-13-22(28-31(20)24)21-11-10-19(26)12-23(21)29-34(2)33/h6-13,20,29H,3-5,15-16H2,1-2H3. The summed E-state index contributed by atoms with van der Waals surface area (Å²) in [7, 11) is -1.29. The summed E-state index contributed by atoms with van der Waals surface area (Å²) in [5, 5.41) is 14.4. The molecule has 0 bridgehead atoms. The number of amides is 1. The van der Waals surface area contributed by atoms with Crippen LogP contribution >= 0.6 is 11.6 Å². The van der Waals surface area contributed by atoms with E-state index in [1.165, 1.54) is 0 Å². The second-order valence-corrected chi connectivity index (χ2v) is 9.94. The molecule has 1 N–H and O–H groups in total. The second kappa shape index (κ2) is 10.4. The lowest BCUT2D eigenvalue weighted by molar-refractivity contribution is 0.0635. The third kappa shape index (κ3) is 5.16. The van der Waals surface area contributed by atoms with Crippen molar-refractivity contribution in [2.24, 2.45) is 0 Å². The zero-order valence-electron chi connectivity index (χ0n) is 19.1. The predicted octanol–water partition coefficient (Wildman–Crippen LogP) is 5.17. The van der Waals surface area contributed by atoms with Crippen molar-refractivity contribution in [3.8, 4) is 17.3 Å². The summed E-state index contributed by atoms with van der Waals surface area (Å²) in [6.45, 7) is 3.18. The van der Waals surface area contributed by atoms with Gasteiger partial charge in [0.1, 0.15) is 16.7 Å². The molecule has 1 aliphatic rings. The number of anilines is 1. The van der Waals surface area contributed by atoms with E-state index in [-0.39, 0.29) is 11.9 Å². The van der Waals surface area contributed by atoms with Gasteiger partial charge < -0.3 is 9.62 Å². The van der Waals surface area contributed by atoms with Crippen LogP contribution in [0.2, 0.25) is 5.02 Å². The van der Waals surface area contributed by atoms with E-state index in [0.29, 0.717) is 40.8 Å². The SMILES string of the molecule is CCCCC1CN(Cc2ccc(C#N)cc2)C(=O)c2cc(-c3ccc(Cl)cc3NS(C)=O)nn21. The molecular weight excluding hydrogens is 470 g/mol. The molecule has 4 rings (SSSR count). The average molecular weight is 496 g/mol.